The van der Waals surface area contributed by atoms with Gasteiger partial charge in [0.15, 0.2) is 0 Å². The number of ether oxygens (including phenoxy) is 2. The van der Waals surface area contributed by atoms with Gasteiger partial charge in [-0.1, -0.05) is 42.9 Å². The minimum atomic E-state index is -0.976. The molecule has 0 spiro atoms. The van der Waals surface area contributed by atoms with E-state index in [2.05, 4.69) is 33.1 Å². The van der Waals surface area contributed by atoms with E-state index >= 15 is 0 Å². The molecule has 0 aromatic heterocycles. The van der Waals surface area contributed by atoms with Crippen molar-refractivity contribution in [2.45, 2.75) is 97.2 Å². The number of hydrogen-bond donors (Lipinski definition) is 0. The van der Waals surface area contributed by atoms with Gasteiger partial charge in [-0.25, -0.2) is 0 Å². The van der Waals surface area contributed by atoms with Gasteiger partial charge >= 0.3 is 11.9 Å². The summed E-state index contributed by atoms with van der Waals surface area (Å²) in [7, 11) is 0. The van der Waals surface area contributed by atoms with Crippen molar-refractivity contribution < 1.29 is 23.9 Å². The van der Waals surface area contributed by atoms with Crippen molar-refractivity contribution >= 4 is 17.7 Å². The van der Waals surface area contributed by atoms with Crippen LogP contribution in [0.25, 0.3) is 0 Å². The molecule has 3 saturated carbocycles. The molecule has 2 saturated heterocycles. The van der Waals surface area contributed by atoms with Gasteiger partial charge in [-0.2, -0.15) is 0 Å². The van der Waals surface area contributed by atoms with Gasteiger partial charge in [-0.15, -0.1) is 0 Å². The van der Waals surface area contributed by atoms with Gasteiger partial charge in [0, 0.05) is 30.1 Å². The maximum Gasteiger partial charge on any atom is 0.313 e. The lowest BCUT2D eigenvalue weighted by Gasteiger charge is -2.49. The zero-order valence-corrected chi connectivity index (χ0v) is 22.7. The van der Waals surface area contributed by atoms with E-state index in [4.69, 9.17) is 9.47 Å². The summed E-state index contributed by atoms with van der Waals surface area (Å²) < 4.78 is 12.4. The lowest BCUT2D eigenvalue weighted by Crippen LogP contribution is -2.47. The van der Waals surface area contributed by atoms with E-state index in [0.29, 0.717) is 18.3 Å². The Bertz CT molecular complexity index is 1100. The topological polar surface area (TPSA) is 69.7 Å². The van der Waals surface area contributed by atoms with Gasteiger partial charge in [0.1, 0.15) is 18.0 Å². The Balaban J connectivity index is 1.34. The third-order valence-electron chi connectivity index (χ3n) is 11.5. The molecule has 0 aromatic carbocycles. The Hall–Kier alpha value is -2.17. The molecular weight excluding hydrogens is 464 g/mol. The van der Waals surface area contributed by atoms with Crippen molar-refractivity contribution in [2.24, 2.45) is 46.3 Å². The minimum Gasteiger partial charge on any atom is -0.461 e. The number of hydrogen-bond acceptors (Lipinski definition) is 5. The number of carbonyl (C=O) groups excluding carboxylic acids is 3. The second kappa shape index (κ2) is 8.68. The summed E-state index contributed by atoms with van der Waals surface area (Å²) in [5.74, 6) is -0.149. The quantitative estimate of drug-likeness (QED) is 0.339. The van der Waals surface area contributed by atoms with Crippen LogP contribution in [0.3, 0.4) is 0 Å². The molecule has 2 aliphatic heterocycles. The normalized spacial score (nSPS) is 46.7. The summed E-state index contributed by atoms with van der Waals surface area (Å²) in [6, 6.07) is 0. The van der Waals surface area contributed by atoms with Gasteiger partial charge in [0.05, 0.1) is 11.3 Å². The number of fused-ring (bicyclic) bond motifs is 6. The van der Waals surface area contributed by atoms with E-state index in [9.17, 15) is 14.4 Å². The largest absolute Gasteiger partial charge is 0.461 e. The third-order valence-corrected chi connectivity index (χ3v) is 11.5. The van der Waals surface area contributed by atoms with E-state index in [0.717, 1.165) is 56.9 Å². The maximum absolute atomic E-state index is 13.9. The van der Waals surface area contributed by atoms with E-state index in [1.807, 2.05) is 0 Å². The Labute approximate surface area is 221 Å². The molecule has 0 radical (unpaired) electrons. The van der Waals surface area contributed by atoms with Crippen molar-refractivity contribution in [1.82, 2.24) is 0 Å². The average Bonchev–Trinajstić information content (AvgIpc) is 3.41. The predicted molar refractivity (Wildman–Crippen MR) is 140 cm³/mol. The maximum atomic E-state index is 13.9. The highest BCUT2D eigenvalue weighted by molar-refractivity contribution is 5.88. The standard InChI is InChI=1S/C32H42O5/c1-17-10-12-31(5)13-11-22-23(29(34)36-27(22)25(31)14-17)16-32(15-20(4)33)24-9-7-18(2)21-8-6-19(3)26(21)28(24)37-30(32)35/h10,21-28H,2-3,6-9,11-16H2,1,4-5H3/t21-,22?,23-,24+,25+,26-,27-,28-,31+,32+/m0/s1. The number of rotatable bonds is 4. The average molecular weight is 507 g/mol. The number of Topliss-reactive ketones (excluding diaryl/α,β-unsaturated/α-hetero) is 1. The van der Waals surface area contributed by atoms with Crippen LogP contribution in [0.5, 0.6) is 0 Å². The van der Waals surface area contributed by atoms with Gasteiger partial charge in [0.25, 0.3) is 0 Å². The number of ketones is 1. The van der Waals surface area contributed by atoms with E-state index in [1.54, 1.807) is 6.92 Å². The summed E-state index contributed by atoms with van der Waals surface area (Å²) in [4.78, 5) is 40.1. The van der Waals surface area contributed by atoms with Crippen molar-refractivity contribution in [2.75, 3.05) is 0 Å². The third kappa shape index (κ3) is 3.73. The minimum absolute atomic E-state index is 0.0188. The zero-order valence-electron chi connectivity index (χ0n) is 22.7. The Kier molecular flexibility index (Phi) is 5.89. The van der Waals surface area contributed by atoms with Crippen LogP contribution < -0.4 is 0 Å². The first-order valence-corrected chi connectivity index (χ1v) is 14.5. The summed E-state index contributed by atoms with van der Waals surface area (Å²) in [5, 5.41) is 0. The van der Waals surface area contributed by atoms with Gasteiger partial charge in [-0.3, -0.25) is 14.4 Å². The Morgan fingerprint density at radius 3 is 2.57 bits per heavy atom. The summed E-state index contributed by atoms with van der Waals surface area (Å²) in [6.45, 7) is 14.8. The molecule has 0 bridgehead atoms. The first-order valence-electron chi connectivity index (χ1n) is 14.5. The van der Waals surface area contributed by atoms with Crippen LogP contribution in [0.15, 0.2) is 36.0 Å². The molecule has 0 N–H and O–H groups in total. The second-order valence-electron chi connectivity index (χ2n) is 13.7. The monoisotopic (exact) mass is 506 g/mol. The second-order valence-corrected chi connectivity index (χ2v) is 13.7. The van der Waals surface area contributed by atoms with E-state index < -0.39 is 5.41 Å². The van der Waals surface area contributed by atoms with Crippen molar-refractivity contribution in [1.29, 1.82) is 0 Å². The lowest BCUT2D eigenvalue weighted by molar-refractivity contribution is -0.154. The highest BCUT2D eigenvalue weighted by atomic mass is 16.6. The molecule has 5 fully saturated rings. The predicted octanol–water partition coefficient (Wildman–Crippen LogP) is 6.13. The first-order chi connectivity index (χ1) is 17.5. The lowest BCUT2D eigenvalue weighted by atomic mass is 9.55. The van der Waals surface area contributed by atoms with Crippen LogP contribution in [0.4, 0.5) is 0 Å². The molecule has 200 valence electrons. The molecule has 2 heterocycles. The SMILES string of the molecule is C=C1CC[C@H]2C(=C)CC[C@@H]3[C@H](OC(=O)[C@]3(CC(C)=O)C[C@@H]3C(=O)O[C@H]4C3CC[C@@]3(C)CC=C(C)C[C@H]43)[C@@H]12. The summed E-state index contributed by atoms with van der Waals surface area (Å²) in [5.41, 5.74) is 2.92. The molecule has 37 heavy (non-hydrogen) atoms. The van der Waals surface area contributed by atoms with E-state index in [1.165, 1.54) is 11.1 Å². The molecule has 1 unspecified atom stereocenters. The van der Waals surface area contributed by atoms with Gasteiger partial charge in [-0.05, 0) is 83.0 Å². The molecule has 5 nitrogen and oxygen atoms in total. The molecule has 0 aromatic rings. The molecule has 10 atom stereocenters. The molecule has 6 aliphatic rings. The summed E-state index contributed by atoms with van der Waals surface area (Å²) >= 11 is 0. The van der Waals surface area contributed by atoms with Crippen LogP contribution in [-0.2, 0) is 23.9 Å². The van der Waals surface area contributed by atoms with Crippen molar-refractivity contribution in [3.63, 3.8) is 0 Å². The molecule has 5 heteroatoms. The highest BCUT2D eigenvalue weighted by Gasteiger charge is 2.65. The number of esters is 2. The number of allylic oxidation sites excluding steroid dienone is 3. The Morgan fingerprint density at radius 2 is 1.81 bits per heavy atom. The molecular formula is C32H42O5. The van der Waals surface area contributed by atoms with Crippen molar-refractivity contribution in [3.05, 3.63) is 36.0 Å². The van der Waals surface area contributed by atoms with Crippen LogP contribution in [0, 0.1) is 46.3 Å². The van der Waals surface area contributed by atoms with Gasteiger partial charge in [0.2, 0.25) is 0 Å². The number of carbonyl (C=O) groups is 3. The van der Waals surface area contributed by atoms with Gasteiger partial charge < -0.3 is 9.47 Å². The smallest absolute Gasteiger partial charge is 0.313 e. The molecule has 6 rings (SSSR count). The first kappa shape index (κ1) is 25.1. The zero-order chi connectivity index (χ0) is 26.3. The fourth-order valence-electron chi connectivity index (χ4n) is 9.54. The summed E-state index contributed by atoms with van der Waals surface area (Å²) in [6.07, 6.45) is 10.0. The fourth-order valence-corrected chi connectivity index (χ4v) is 9.54. The van der Waals surface area contributed by atoms with Crippen LogP contribution >= 0.6 is 0 Å². The Morgan fingerprint density at radius 1 is 1.05 bits per heavy atom. The van der Waals surface area contributed by atoms with Crippen LogP contribution in [0.1, 0.15) is 85.0 Å². The molecule has 4 aliphatic carbocycles. The van der Waals surface area contributed by atoms with Crippen LogP contribution in [-0.4, -0.2) is 29.9 Å². The van der Waals surface area contributed by atoms with Crippen LogP contribution in [0.2, 0.25) is 0 Å². The fraction of sp³-hybridized carbons (Fsp3) is 0.719. The highest BCUT2D eigenvalue weighted by Crippen LogP contribution is 2.62. The van der Waals surface area contributed by atoms with E-state index in [-0.39, 0.29) is 65.4 Å². The van der Waals surface area contributed by atoms with Crippen molar-refractivity contribution in [3.8, 4) is 0 Å². The molecule has 0 amide bonds.